The Hall–Kier alpha value is -0.750. The molecule has 0 aromatic carbocycles. The number of alkyl halides is 9. The monoisotopic (exact) mass is 294 g/mol. The lowest BCUT2D eigenvalue weighted by atomic mass is 9.85. The second-order valence-electron chi connectivity index (χ2n) is 3.26. The van der Waals surface area contributed by atoms with Crippen molar-refractivity contribution in [2.75, 3.05) is 6.61 Å². The first-order valence-electron chi connectivity index (χ1n) is 4.01. The first-order valence-corrected chi connectivity index (χ1v) is 4.01. The minimum absolute atomic E-state index is 2.00. The molecule has 12 heteroatoms. The molecule has 3 nitrogen and oxygen atoms in total. The van der Waals surface area contributed by atoms with Crippen molar-refractivity contribution in [3.8, 4) is 0 Å². The van der Waals surface area contributed by atoms with Gasteiger partial charge >= 0.3 is 24.1 Å². The van der Waals surface area contributed by atoms with Gasteiger partial charge in [0.05, 0.1) is 0 Å². The van der Waals surface area contributed by atoms with E-state index in [-0.39, 0.29) is 0 Å². The minimum atomic E-state index is -6.39. The van der Waals surface area contributed by atoms with E-state index in [4.69, 9.17) is 0 Å². The summed E-state index contributed by atoms with van der Waals surface area (Å²) >= 11 is 0. The van der Waals surface area contributed by atoms with Crippen LogP contribution in [0.1, 0.15) is 0 Å². The second kappa shape index (κ2) is 4.13. The molecule has 1 atom stereocenters. The Morgan fingerprint density at radius 3 is 1.56 bits per heavy atom. The minimum Gasteiger partial charge on any atom is -0.205 e. The molecule has 0 aromatic heterocycles. The zero-order valence-corrected chi connectivity index (χ0v) is 7.91. The van der Waals surface area contributed by atoms with Crippen LogP contribution in [0.4, 0.5) is 39.5 Å². The molecule has 0 saturated carbocycles. The van der Waals surface area contributed by atoms with Gasteiger partial charge in [-0.25, -0.2) is 4.89 Å². The van der Waals surface area contributed by atoms with Crippen molar-refractivity contribution in [1.82, 2.24) is 0 Å². The van der Waals surface area contributed by atoms with Crippen molar-refractivity contribution in [2.45, 2.75) is 24.1 Å². The largest absolute Gasteiger partial charge is 0.430 e. The van der Waals surface area contributed by atoms with E-state index in [0.29, 0.717) is 0 Å². The zero-order chi connectivity index (χ0) is 14.4. The second-order valence-corrected chi connectivity index (χ2v) is 3.26. The first kappa shape index (κ1) is 15.3. The highest BCUT2D eigenvalue weighted by Gasteiger charge is 2.83. The molecule has 18 heavy (non-hydrogen) atoms. The third kappa shape index (κ3) is 2.23. The highest BCUT2D eigenvalue weighted by atomic mass is 19.4. The lowest BCUT2D eigenvalue weighted by Crippen LogP contribution is -2.69. The molecule has 0 bridgehead atoms. The number of hydrogen-bond donors (Lipinski definition) is 0. The van der Waals surface area contributed by atoms with Gasteiger partial charge < -0.3 is 0 Å². The van der Waals surface area contributed by atoms with Gasteiger partial charge in [0.25, 0.3) is 0 Å². The van der Waals surface area contributed by atoms with Crippen LogP contribution in [0, 0.1) is 5.92 Å². The summed E-state index contributed by atoms with van der Waals surface area (Å²) in [6.07, 6.45) is -18.6. The molecule has 1 aliphatic heterocycles. The molecule has 0 amide bonds. The van der Waals surface area contributed by atoms with E-state index in [2.05, 4.69) is 14.8 Å². The molecule has 1 saturated heterocycles. The third-order valence-electron chi connectivity index (χ3n) is 2.18. The molecule has 1 rings (SSSR count). The number of rotatable bonds is 0. The topological polar surface area (TPSA) is 27.7 Å². The zero-order valence-electron chi connectivity index (χ0n) is 7.91. The maximum absolute atomic E-state index is 12.4. The highest BCUT2D eigenvalue weighted by molar-refractivity contribution is 5.03. The van der Waals surface area contributed by atoms with Crippen LogP contribution in [0.25, 0.3) is 0 Å². The molecular weight excluding hydrogens is 291 g/mol. The maximum atomic E-state index is 12.4. The molecule has 0 spiro atoms. The van der Waals surface area contributed by atoms with Gasteiger partial charge in [-0.2, -0.15) is 44.4 Å². The van der Waals surface area contributed by atoms with Gasteiger partial charge in [-0.15, -0.1) is 0 Å². The Bertz CT molecular complexity index is 289. The molecule has 1 unspecified atom stereocenters. The van der Waals surface area contributed by atoms with E-state index in [1.165, 1.54) is 0 Å². The van der Waals surface area contributed by atoms with E-state index in [1.807, 2.05) is 0 Å². The van der Waals surface area contributed by atoms with Crippen LogP contribution >= 0.6 is 0 Å². The van der Waals surface area contributed by atoms with E-state index in [0.717, 1.165) is 0 Å². The normalized spacial score (nSPS) is 26.2. The fourth-order valence-corrected chi connectivity index (χ4v) is 1.32. The van der Waals surface area contributed by atoms with Crippen molar-refractivity contribution in [1.29, 1.82) is 0 Å². The maximum Gasteiger partial charge on any atom is 0.430 e. The molecule has 0 aliphatic carbocycles. The smallest absolute Gasteiger partial charge is 0.205 e. The average molecular weight is 294 g/mol. The Morgan fingerprint density at radius 2 is 1.28 bits per heavy atom. The fourth-order valence-electron chi connectivity index (χ4n) is 1.32. The van der Waals surface area contributed by atoms with E-state index in [1.54, 1.807) is 0 Å². The van der Waals surface area contributed by atoms with E-state index < -0.39 is 36.7 Å². The Balaban J connectivity index is 3.38. The van der Waals surface area contributed by atoms with Crippen molar-refractivity contribution in [3.05, 3.63) is 0 Å². The van der Waals surface area contributed by atoms with Crippen LogP contribution in [-0.4, -0.2) is 30.7 Å². The summed E-state index contributed by atoms with van der Waals surface area (Å²) in [6.45, 7) is -2.00. The van der Waals surface area contributed by atoms with Crippen molar-refractivity contribution in [3.63, 3.8) is 0 Å². The van der Waals surface area contributed by atoms with Crippen LogP contribution in [0.5, 0.6) is 0 Å². The average Bonchev–Trinajstić information content (AvgIpc) is 2.12. The van der Waals surface area contributed by atoms with Crippen molar-refractivity contribution < 1.29 is 54.3 Å². The van der Waals surface area contributed by atoms with Crippen molar-refractivity contribution in [2.24, 2.45) is 5.92 Å². The molecular formula is C6H3F9O3. The molecule has 0 N–H and O–H groups in total. The summed E-state index contributed by atoms with van der Waals surface area (Å²) in [5.41, 5.74) is -5.52. The molecule has 1 aliphatic rings. The summed E-state index contributed by atoms with van der Waals surface area (Å²) in [7, 11) is 0. The van der Waals surface area contributed by atoms with Gasteiger partial charge in [-0.1, -0.05) is 5.04 Å². The predicted molar refractivity (Wildman–Crippen MR) is 32.5 cm³/mol. The summed E-state index contributed by atoms with van der Waals surface area (Å²) in [4.78, 5) is 6.25. The molecule has 0 radical (unpaired) electrons. The lowest BCUT2D eigenvalue weighted by Gasteiger charge is -2.42. The standard InChI is InChI=1S/C6H3F9O3/c7-4(8,9)2-1-16-18-17-3(2,5(10,11)12)6(13,14)15/h2H,1H2. The van der Waals surface area contributed by atoms with Crippen LogP contribution in [0.3, 0.4) is 0 Å². The van der Waals surface area contributed by atoms with Gasteiger partial charge in [-0.3, -0.25) is 0 Å². The number of hydrogen-bond acceptors (Lipinski definition) is 3. The van der Waals surface area contributed by atoms with Crippen molar-refractivity contribution >= 4 is 0 Å². The molecule has 1 heterocycles. The van der Waals surface area contributed by atoms with Gasteiger partial charge in [0.1, 0.15) is 12.5 Å². The highest BCUT2D eigenvalue weighted by Crippen LogP contribution is 2.56. The lowest BCUT2D eigenvalue weighted by molar-refractivity contribution is -0.636. The van der Waals surface area contributed by atoms with Crippen LogP contribution in [0.2, 0.25) is 0 Å². The van der Waals surface area contributed by atoms with Crippen LogP contribution in [-0.2, 0) is 14.8 Å². The van der Waals surface area contributed by atoms with Gasteiger partial charge in [0, 0.05) is 0 Å². The SMILES string of the molecule is FC(F)(F)C1COOOC1(C(F)(F)F)C(F)(F)F. The van der Waals surface area contributed by atoms with E-state index >= 15 is 0 Å². The van der Waals surface area contributed by atoms with Crippen LogP contribution < -0.4 is 0 Å². The Kier molecular flexibility index (Phi) is 3.51. The van der Waals surface area contributed by atoms with Gasteiger partial charge in [0.15, 0.2) is 0 Å². The molecule has 108 valence electrons. The van der Waals surface area contributed by atoms with E-state index in [9.17, 15) is 39.5 Å². The van der Waals surface area contributed by atoms with Gasteiger partial charge in [0.2, 0.25) is 0 Å². The van der Waals surface area contributed by atoms with Gasteiger partial charge in [-0.05, 0) is 0 Å². The summed E-state index contributed by atoms with van der Waals surface area (Å²) < 4.78 is 111. The first-order chi connectivity index (χ1) is 7.84. The quantitative estimate of drug-likeness (QED) is 0.508. The number of halogens is 9. The summed E-state index contributed by atoms with van der Waals surface area (Å²) in [5.74, 6) is -3.99. The Labute approximate surface area is 92.2 Å². The summed E-state index contributed by atoms with van der Waals surface area (Å²) in [5, 5.41) is 3.02. The van der Waals surface area contributed by atoms with Crippen LogP contribution in [0.15, 0.2) is 0 Å². The summed E-state index contributed by atoms with van der Waals surface area (Å²) in [6, 6.07) is 0. The third-order valence-corrected chi connectivity index (χ3v) is 2.18. The predicted octanol–water partition coefficient (Wildman–Crippen LogP) is 2.92. The molecule has 0 aromatic rings. The molecule has 1 fully saturated rings. The fraction of sp³-hybridized carbons (Fsp3) is 1.00. The Morgan fingerprint density at radius 1 is 0.833 bits per heavy atom.